The van der Waals surface area contributed by atoms with Crippen LogP contribution in [0.2, 0.25) is 4.47 Å². The quantitative estimate of drug-likeness (QED) is 0.792. The smallest absolute Gasteiger partial charge is 0.185 e. The predicted octanol–water partition coefficient (Wildman–Crippen LogP) is 1.98. The Hall–Kier alpha value is -0.320. The van der Waals surface area contributed by atoms with E-state index in [1.54, 1.807) is 0 Å². The van der Waals surface area contributed by atoms with E-state index in [9.17, 15) is 0 Å². The Kier molecular flexibility index (Phi) is 3.78. The summed E-state index contributed by atoms with van der Waals surface area (Å²) in [7, 11) is 0. The highest BCUT2D eigenvalue weighted by Crippen LogP contribution is 2.19. The van der Waals surface area contributed by atoms with Crippen LogP contribution in [-0.4, -0.2) is 22.7 Å². The molecule has 0 fully saturated rings. The van der Waals surface area contributed by atoms with E-state index >= 15 is 0 Å². The number of nitrogens with one attached hydrogen (secondary N) is 1. The Morgan fingerprint density at radius 3 is 3.00 bits per heavy atom. The maximum Gasteiger partial charge on any atom is 0.185 e. The summed E-state index contributed by atoms with van der Waals surface area (Å²) in [6, 6.07) is 0.0724. The second kappa shape index (κ2) is 4.64. The Morgan fingerprint density at radius 1 is 1.83 bits per heavy atom. The number of hydrogen-bond acceptors (Lipinski definition) is 4. The number of aromatic nitrogens is 1. The van der Waals surface area contributed by atoms with Crippen molar-refractivity contribution in [2.24, 2.45) is 0 Å². The summed E-state index contributed by atoms with van der Waals surface area (Å²) < 4.78 is 0.519. The van der Waals surface area contributed by atoms with Crippen molar-refractivity contribution in [3.05, 3.63) is 9.85 Å². The van der Waals surface area contributed by atoms with Crippen LogP contribution in [0.1, 0.15) is 13.3 Å². The molecule has 0 aliphatic carbocycles. The molecular formula is C7H11ClN2OS. The van der Waals surface area contributed by atoms with Gasteiger partial charge in [0.25, 0.3) is 0 Å². The van der Waals surface area contributed by atoms with Crippen LogP contribution in [0.5, 0.6) is 0 Å². The molecule has 0 bridgehead atoms. The zero-order valence-electron chi connectivity index (χ0n) is 6.75. The van der Waals surface area contributed by atoms with E-state index in [0.717, 1.165) is 12.2 Å². The minimum absolute atomic E-state index is 0.0724. The molecule has 1 aromatic heterocycles. The third-order valence-corrected chi connectivity index (χ3v) is 2.52. The number of aliphatic hydroxyl groups excluding tert-OH is 1. The highest BCUT2D eigenvalue weighted by Gasteiger charge is 2.05. The monoisotopic (exact) mass is 206 g/mol. The summed E-state index contributed by atoms with van der Waals surface area (Å²) in [5, 5.41) is 13.8. The van der Waals surface area contributed by atoms with Gasteiger partial charge in [-0.1, -0.05) is 18.5 Å². The molecule has 0 aliphatic heterocycles. The summed E-state index contributed by atoms with van der Waals surface area (Å²) in [5.74, 6) is 0.742. The molecule has 0 saturated heterocycles. The van der Waals surface area contributed by atoms with Crippen molar-refractivity contribution in [3.63, 3.8) is 0 Å². The number of aliphatic hydroxyl groups is 1. The van der Waals surface area contributed by atoms with Crippen LogP contribution in [0.3, 0.4) is 0 Å². The zero-order valence-corrected chi connectivity index (χ0v) is 8.32. The third-order valence-electron chi connectivity index (χ3n) is 1.54. The van der Waals surface area contributed by atoms with Gasteiger partial charge in [-0.3, -0.25) is 0 Å². The van der Waals surface area contributed by atoms with Gasteiger partial charge >= 0.3 is 0 Å². The van der Waals surface area contributed by atoms with E-state index in [1.807, 2.05) is 12.3 Å². The van der Waals surface area contributed by atoms with Gasteiger partial charge in [0.1, 0.15) is 5.82 Å². The van der Waals surface area contributed by atoms with Crippen LogP contribution in [0.4, 0.5) is 5.82 Å². The van der Waals surface area contributed by atoms with Crippen LogP contribution in [0, 0.1) is 0 Å². The zero-order chi connectivity index (χ0) is 8.97. The Labute approximate surface area is 80.4 Å². The molecule has 12 heavy (non-hydrogen) atoms. The SMILES string of the molecule is CC[C@@H](CO)Nc1csc(Cl)n1. The summed E-state index contributed by atoms with van der Waals surface area (Å²) in [6.07, 6.45) is 0.867. The van der Waals surface area contributed by atoms with Crippen molar-refractivity contribution in [1.82, 2.24) is 4.98 Å². The minimum atomic E-state index is 0.0724. The average Bonchev–Trinajstić information content (AvgIpc) is 2.47. The summed E-state index contributed by atoms with van der Waals surface area (Å²) >= 11 is 7.01. The van der Waals surface area contributed by atoms with Gasteiger partial charge in [0.05, 0.1) is 12.6 Å². The van der Waals surface area contributed by atoms with Crippen molar-refractivity contribution in [2.75, 3.05) is 11.9 Å². The molecule has 1 aromatic rings. The molecule has 0 saturated carbocycles. The van der Waals surface area contributed by atoms with E-state index in [2.05, 4.69) is 10.3 Å². The van der Waals surface area contributed by atoms with Crippen LogP contribution in [0.25, 0.3) is 0 Å². The summed E-state index contributed by atoms with van der Waals surface area (Å²) in [5.41, 5.74) is 0. The van der Waals surface area contributed by atoms with E-state index in [-0.39, 0.29) is 12.6 Å². The molecule has 1 atom stereocenters. The van der Waals surface area contributed by atoms with Gasteiger partial charge in [-0.25, -0.2) is 4.98 Å². The number of halogens is 1. The number of nitrogens with zero attached hydrogens (tertiary/aromatic N) is 1. The largest absolute Gasteiger partial charge is 0.394 e. The topological polar surface area (TPSA) is 45.1 Å². The molecule has 2 N–H and O–H groups in total. The Balaban J connectivity index is 2.50. The fourth-order valence-electron chi connectivity index (χ4n) is 0.804. The van der Waals surface area contributed by atoms with Gasteiger partial charge in [0.15, 0.2) is 4.47 Å². The Morgan fingerprint density at radius 2 is 2.58 bits per heavy atom. The molecule has 0 amide bonds. The molecule has 1 rings (SSSR count). The fraction of sp³-hybridized carbons (Fsp3) is 0.571. The minimum Gasteiger partial charge on any atom is -0.394 e. The molecule has 0 aromatic carbocycles. The first-order chi connectivity index (χ1) is 5.76. The van der Waals surface area contributed by atoms with Gasteiger partial charge in [-0.2, -0.15) is 0 Å². The molecule has 0 spiro atoms. The normalized spacial score (nSPS) is 12.9. The molecule has 1 heterocycles. The van der Waals surface area contributed by atoms with Gasteiger partial charge in [0, 0.05) is 5.38 Å². The first-order valence-corrected chi connectivity index (χ1v) is 5.00. The van der Waals surface area contributed by atoms with Gasteiger partial charge in [-0.15, -0.1) is 11.3 Å². The Bertz CT molecular complexity index is 237. The number of rotatable bonds is 4. The van der Waals surface area contributed by atoms with Crippen LogP contribution < -0.4 is 5.32 Å². The van der Waals surface area contributed by atoms with E-state index < -0.39 is 0 Å². The second-order valence-corrected chi connectivity index (χ2v) is 3.86. The van der Waals surface area contributed by atoms with E-state index in [0.29, 0.717) is 4.47 Å². The van der Waals surface area contributed by atoms with Crippen molar-refractivity contribution >= 4 is 28.8 Å². The lowest BCUT2D eigenvalue weighted by molar-refractivity contribution is 0.271. The maximum atomic E-state index is 8.87. The van der Waals surface area contributed by atoms with Crippen molar-refractivity contribution in [1.29, 1.82) is 0 Å². The van der Waals surface area contributed by atoms with Crippen molar-refractivity contribution in [3.8, 4) is 0 Å². The fourth-order valence-corrected chi connectivity index (χ4v) is 1.51. The van der Waals surface area contributed by atoms with Crippen LogP contribution in [-0.2, 0) is 0 Å². The number of anilines is 1. The highest BCUT2D eigenvalue weighted by atomic mass is 35.5. The molecule has 5 heteroatoms. The third kappa shape index (κ3) is 2.62. The predicted molar refractivity (Wildman–Crippen MR) is 51.9 cm³/mol. The van der Waals surface area contributed by atoms with Gasteiger partial charge in [0.2, 0.25) is 0 Å². The van der Waals surface area contributed by atoms with E-state index in [1.165, 1.54) is 11.3 Å². The van der Waals surface area contributed by atoms with Crippen molar-refractivity contribution in [2.45, 2.75) is 19.4 Å². The molecule has 3 nitrogen and oxygen atoms in total. The molecular weight excluding hydrogens is 196 g/mol. The lowest BCUT2D eigenvalue weighted by Crippen LogP contribution is -2.22. The highest BCUT2D eigenvalue weighted by molar-refractivity contribution is 7.14. The first kappa shape index (κ1) is 9.77. The second-order valence-electron chi connectivity index (χ2n) is 2.42. The molecule has 0 radical (unpaired) electrons. The average molecular weight is 207 g/mol. The van der Waals surface area contributed by atoms with Gasteiger partial charge < -0.3 is 10.4 Å². The maximum absolute atomic E-state index is 8.87. The number of thiazole rings is 1. The summed E-state index contributed by atoms with van der Waals surface area (Å²) in [4.78, 5) is 4.01. The molecule has 0 unspecified atom stereocenters. The van der Waals surface area contributed by atoms with Crippen LogP contribution in [0.15, 0.2) is 5.38 Å². The lowest BCUT2D eigenvalue weighted by atomic mass is 10.2. The standard InChI is InChI=1S/C7H11ClN2OS/c1-2-5(3-11)9-6-4-12-7(8)10-6/h4-5,9,11H,2-3H2,1H3/t5-/m0/s1. The number of hydrogen-bond donors (Lipinski definition) is 2. The van der Waals surface area contributed by atoms with Crippen molar-refractivity contribution < 1.29 is 5.11 Å². The van der Waals surface area contributed by atoms with Crippen LogP contribution >= 0.6 is 22.9 Å². The first-order valence-electron chi connectivity index (χ1n) is 3.74. The molecule has 68 valence electrons. The van der Waals surface area contributed by atoms with Gasteiger partial charge in [-0.05, 0) is 6.42 Å². The lowest BCUT2D eigenvalue weighted by Gasteiger charge is -2.12. The van der Waals surface area contributed by atoms with E-state index in [4.69, 9.17) is 16.7 Å². The molecule has 0 aliphatic rings. The summed E-state index contributed by atoms with van der Waals surface area (Å²) in [6.45, 7) is 2.12.